The molecule has 0 unspecified atom stereocenters. The number of phenols is 1. The Morgan fingerprint density at radius 1 is 1.14 bits per heavy atom. The third-order valence-electron chi connectivity index (χ3n) is 7.62. The van der Waals surface area contributed by atoms with Gasteiger partial charge in [-0.05, 0) is 79.5 Å². The van der Waals surface area contributed by atoms with E-state index in [0.29, 0.717) is 16.9 Å². The second-order valence-electron chi connectivity index (χ2n) is 9.98. The van der Waals surface area contributed by atoms with Crippen LogP contribution in [0.3, 0.4) is 0 Å². The molecule has 2 fully saturated rings. The molecule has 1 N–H and O–H groups in total. The van der Waals surface area contributed by atoms with E-state index in [-0.39, 0.29) is 17.8 Å². The lowest BCUT2D eigenvalue weighted by molar-refractivity contribution is -0.0473. The normalized spacial score (nSPS) is 30.8. The van der Waals surface area contributed by atoms with Gasteiger partial charge in [0.1, 0.15) is 11.9 Å². The van der Waals surface area contributed by atoms with E-state index in [9.17, 15) is 9.90 Å². The molecule has 0 heterocycles. The van der Waals surface area contributed by atoms with Gasteiger partial charge in [-0.2, -0.15) is 0 Å². The van der Waals surface area contributed by atoms with E-state index in [1.54, 1.807) is 24.3 Å². The Hall–Kier alpha value is -1.51. The summed E-state index contributed by atoms with van der Waals surface area (Å²) in [6.45, 7) is 9.54. The first-order valence-corrected chi connectivity index (χ1v) is 11.3. The Balaban J connectivity index is 1.64. The summed E-state index contributed by atoms with van der Waals surface area (Å²) in [5, 5.41) is 9.44. The molecular formula is C25H38O3. The number of phenolic OH excluding ortho intramolecular Hbond substituents is 1. The highest BCUT2D eigenvalue weighted by Gasteiger charge is 2.53. The van der Waals surface area contributed by atoms with Gasteiger partial charge in [0.05, 0.1) is 5.56 Å². The number of hydrogen-bond donors (Lipinski definition) is 1. The van der Waals surface area contributed by atoms with Crippen LogP contribution in [0.4, 0.5) is 0 Å². The summed E-state index contributed by atoms with van der Waals surface area (Å²) in [6, 6.07) is 6.39. The lowest BCUT2D eigenvalue weighted by Gasteiger charge is -2.46. The minimum atomic E-state index is -0.248. The van der Waals surface area contributed by atoms with Crippen LogP contribution >= 0.6 is 0 Å². The second kappa shape index (κ2) is 8.88. The van der Waals surface area contributed by atoms with E-state index < -0.39 is 0 Å². The lowest BCUT2D eigenvalue weighted by atomic mass is 9.61. The third kappa shape index (κ3) is 4.55. The predicted octanol–water partition coefficient (Wildman–Crippen LogP) is 6.60. The summed E-state index contributed by atoms with van der Waals surface area (Å²) in [6.07, 6.45) is 9.87. The Morgan fingerprint density at radius 3 is 2.54 bits per heavy atom. The van der Waals surface area contributed by atoms with E-state index in [1.165, 1.54) is 38.5 Å². The van der Waals surface area contributed by atoms with Gasteiger partial charge in [-0.1, -0.05) is 47.0 Å². The van der Waals surface area contributed by atoms with Crippen LogP contribution in [0, 0.1) is 29.1 Å². The number of hydrogen-bond acceptors (Lipinski definition) is 3. The van der Waals surface area contributed by atoms with Crippen molar-refractivity contribution in [2.24, 2.45) is 29.1 Å². The zero-order chi connectivity index (χ0) is 20.3. The topological polar surface area (TPSA) is 46.5 Å². The maximum atomic E-state index is 12.6. The van der Waals surface area contributed by atoms with Crippen LogP contribution in [-0.4, -0.2) is 17.2 Å². The van der Waals surface area contributed by atoms with Gasteiger partial charge in [-0.15, -0.1) is 0 Å². The zero-order valence-corrected chi connectivity index (χ0v) is 18.1. The number of benzene rings is 1. The molecule has 1 aromatic rings. The first-order valence-electron chi connectivity index (χ1n) is 11.3. The third-order valence-corrected chi connectivity index (χ3v) is 7.62. The van der Waals surface area contributed by atoms with Gasteiger partial charge < -0.3 is 9.84 Å². The highest BCUT2D eigenvalue weighted by molar-refractivity contribution is 5.89. The number of aromatic hydroxyl groups is 1. The largest absolute Gasteiger partial charge is 0.508 e. The van der Waals surface area contributed by atoms with E-state index in [4.69, 9.17) is 4.74 Å². The molecule has 2 aliphatic carbocycles. The number of rotatable bonds is 7. The van der Waals surface area contributed by atoms with Crippen molar-refractivity contribution in [2.75, 3.05) is 0 Å². The van der Waals surface area contributed by atoms with Crippen molar-refractivity contribution >= 4 is 5.97 Å². The van der Waals surface area contributed by atoms with Crippen molar-refractivity contribution in [2.45, 2.75) is 85.2 Å². The Morgan fingerprint density at radius 2 is 1.86 bits per heavy atom. The molecule has 0 bridgehead atoms. The van der Waals surface area contributed by atoms with Crippen molar-refractivity contribution < 1.29 is 14.6 Å². The van der Waals surface area contributed by atoms with Crippen LogP contribution in [0.5, 0.6) is 5.75 Å². The van der Waals surface area contributed by atoms with E-state index in [1.807, 2.05) is 0 Å². The van der Waals surface area contributed by atoms with Crippen LogP contribution < -0.4 is 0 Å². The zero-order valence-electron chi connectivity index (χ0n) is 18.1. The van der Waals surface area contributed by atoms with Gasteiger partial charge in [-0.3, -0.25) is 0 Å². The fraction of sp³-hybridized carbons (Fsp3) is 0.720. The summed E-state index contributed by atoms with van der Waals surface area (Å²) in [5.74, 6) is 2.70. The highest BCUT2D eigenvalue weighted by atomic mass is 16.5. The fourth-order valence-corrected chi connectivity index (χ4v) is 6.09. The Kier molecular flexibility index (Phi) is 6.73. The van der Waals surface area contributed by atoms with Gasteiger partial charge in [0.2, 0.25) is 0 Å². The number of esters is 1. The standard InChI is InChI=1S/C25H38O3/c1-17(2)7-5-8-18(3)21-14-15-22-23(9-6-16-25(21,22)4)28-24(27)19-10-12-20(26)13-11-19/h10-13,17-18,21-23,26H,5-9,14-16H2,1-4H3/t18-,21-,22+,23+,25-/m1/s1. The molecule has 2 saturated carbocycles. The molecule has 3 rings (SSSR count). The van der Waals surface area contributed by atoms with Crippen LogP contribution in [0.25, 0.3) is 0 Å². The maximum Gasteiger partial charge on any atom is 0.338 e. The first kappa shape index (κ1) is 21.2. The average molecular weight is 387 g/mol. The molecule has 0 saturated heterocycles. The molecule has 1 aromatic carbocycles. The molecule has 0 spiro atoms. The van der Waals surface area contributed by atoms with Gasteiger partial charge in [-0.25, -0.2) is 4.79 Å². The molecule has 5 atom stereocenters. The molecule has 156 valence electrons. The molecule has 0 amide bonds. The van der Waals surface area contributed by atoms with Crippen LogP contribution in [0.15, 0.2) is 24.3 Å². The minimum absolute atomic E-state index is 0.0351. The fourth-order valence-electron chi connectivity index (χ4n) is 6.09. The molecule has 0 aromatic heterocycles. The second-order valence-corrected chi connectivity index (χ2v) is 9.98. The quantitative estimate of drug-likeness (QED) is 0.537. The van der Waals surface area contributed by atoms with Crippen molar-refractivity contribution in [3.8, 4) is 5.75 Å². The van der Waals surface area contributed by atoms with Crippen molar-refractivity contribution in [1.82, 2.24) is 0 Å². The Bertz CT molecular complexity index is 650. The van der Waals surface area contributed by atoms with E-state index in [2.05, 4.69) is 27.7 Å². The van der Waals surface area contributed by atoms with E-state index in [0.717, 1.165) is 30.6 Å². The van der Waals surface area contributed by atoms with Gasteiger partial charge >= 0.3 is 5.97 Å². The van der Waals surface area contributed by atoms with Gasteiger partial charge in [0.15, 0.2) is 0 Å². The molecular weight excluding hydrogens is 348 g/mol. The lowest BCUT2D eigenvalue weighted by Crippen LogP contribution is -2.43. The molecule has 0 aliphatic heterocycles. The van der Waals surface area contributed by atoms with Crippen molar-refractivity contribution in [3.63, 3.8) is 0 Å². The number of ether oxygens (including phenoxy) is 1. The molecule has 28 heavy (non-hydrogen) atoms. The highest BCUT2D eigenvalue weighted by Crippen LogP contribution is 2.58. The molecule has 3 heteroatoms. The summed E-state index contributed by atoms with van der Waals surface area (Å²) < 4.78 is 6.02. The summed E-state index contributed by atoms with van der Waals surface area (Å²) in [5.41, 5.74) is 0.830. The maximum absolute atomic E-state index is 12.6. The summed E-state index contributed by atoms with van der Waals surface area (Å²) >= 11 is 0. The van der Waals surface area contributed by atoms with Gasteiger partial charge in [0, 0.05) is 5.92 Å². The minimum Gasteiger partial charge on any atom is -0.508 e. The van der Waals surface area contributed by atoms with Crippen LogP contribution in [-0.2, 0) is 4.74 Å². The Labute approximate surface area is 170 Å². The summed E-state index contributed by atoms with van der Waals surface area (Å²) in [7, 11) is 0. The predicted molar refractivity (Wildman–Crippen MR) is 113 cm³/mol. The van der Waals surface area contributed by atoms with Crippen LogP contribution in [0.2, 0.25) is 0 Å². The van der Waals surface area contributed by atoms with Crippen molar-refractivity contribution in [3.05, 3.63) is 29.8 Å². The first-order chi connectivity index (χ1) is 13.3. The molecule has 0 radical (unpaired) electrons. The average Bonchev–Trinajstić information content (AvgIpc) is 3.00. The number of carbonyl (C=O) groups excluding carboxylic acids is 1. The monoisotopic (exact) mass is 386 g/mol. The van der Waals surface area contributed by atoms with Crippen LogP contribution in [0.1, 0.15) is 89.4 Å². The van der Waals surface area contributed by atoms with E-state index >= 15 is 0 Å². The summed E-state index contributed by atoms with van der Waals surface area (Å²) in [4.78, 5) is 12.6. The SMILES string of the molecule is CC(C)CCC[C@@H](C)[C@H]1CC[C@H]2[C@@H](OC(=O)c3ccc(O)cc3)CCC[C@]12C. The molecule has 2 aliphatic rings. The van der Waals surface area contributed by atoms with Crippen molar-refractivity contribution in [1.29, 1.82) is 0 Å². The number of carbonyl (C=O) groups is 1. The van der Waals surface area contributed by atoms with Gasteiger partial charge in [0.25, 0.3) is 0 Å². The molecule has 3 nitrogen and oxygen atoms in total. The number of fused-ring (bicyclic) bond motifs is 1. The smallest absolute Gasteiger partial charge is 0.338 e.